The minimum absolute atomic E-state index is 0.586. The summed E-state index contributed by atoms with van der Waals surface area (Å²) in [5.74, 6) is 0.586. The van der Waals surface area contributed by atoms with Gasteiger partial charge in [-0.15, -0.1) is 0 Å². The zero-order chi connectivity index (χ0) is 16.5. The zero-order valence-corrected chi connectivity index (χ0v) is 15.8. The van der Waals surface area contributed by atoms with E-state index in [1.165, 1.54) is 37.9 Å². The molecule has 0 N–H and O–H groups in total. The fraction of sp³-hybridized carbons (Fsp3) is 0.667. The number of likely N-dealkylation sites (tertiary alicyclic amines) is 1. The van der Waals surface area contributed by atoms with Crippen LogP contribution < -0.4 is 0 Å². The summed E-state index contributed by atoms with van der Waals surface area (Å²) < 4.78 is 17.7. The SMILES string of the molecule is CCCN1CCCC(CO[Si](Cc2ccccc2)(OC)OC)C1. The van der Waals surface area contributed by atoms with E-state index in [2.05, 4.69) is 24.0 Å². The van der Waals surface area contributed by atoms with Crippen LogP contribution in [0.3, 0.4) is 0 Å². The van der Waals surface area contributed by atoms with Crippen molar-refractivity contribution in [3.05, 3.63) is 35.9 Å². The Bertz CT molecular complexity index is 437. The van der Waals surface area contributed by atoms with Crippen molar-refractivity contribution >= 4 is 8.80 Å². The lowest BCUT2D eigenvalue weighted by molar-refractivity contribution is 0.0587. The smallest absolute Gasteiger partial charge is 0.377 e. The van der Waals surface area contributed by atoms with Crippen LogP contribution in [0.1, 0.15) is 31.7 Å². The third kappa shape index (κ3) is 5.69. The number of nitrogens with zero attached hydrogens (tertiary/aromatic N) is 1. The van der Waals surface area contributed by atoms with Gasteiger partial charge in [0.25, 0.3) is 0 Å². The van der Waals surface area contributed by atoms with Gasteiger partial charge >= 0.3 is 8.80 Å². The van der Waals surface area contributed by atoms with Gasteiger partial charge in [0, 0.05) is 33.4 Å². The summed E-state index contributed by atoms with van der Waals surface area (Å²) in [4.78, 5) is 2.55. The van der Waals surface area contributed by atoms with Crippen LogP contribution in [-0.4, -0.2) is 54.2 Å². The van der Waals surface area contributed by atoms with Gasteiger partial charge in [-0.25, -0.2) is 0 Å². The molecule has 1 aromatic carbocycles. The topological polar surface area (TPSA) is 30.9 Å². The van der Waals surface area contributed by atoms with Crippen LogP contribution in [0.15, 0.2) is 30.3 Å². The molecular formula is C18H31NO3Si. The van der Waals surface area contributed by atoms with Crippen LogP contribution >= 0.6 is 0 Å². The number of piperidine rings is 1. The van der Waals surface area contributed by atoms with E-state index in [4.69, 9.17) is 13.3 Å². The molecule has 2 rings (SSSR count). The summed E-state index contributed by atoms with van der Waals surface area (Å²) in [6, 6.07) is 11.1. The predicted octanol–water partition coefficient (Wildman–Crippen LogP) is 3.14. The molecule has 1 aromatic rings. The van der Waals surface area contributed by atoms with Gasteiger partial charge in [0.2, 0.25) is 0 Å². The molecule has 0 amide bonds. The van der Waals surface area contributed by atoms with Gasteiger partial charge in [0.1, 0.15) is 0 Å². The summed E-state index contributed by atoms with van der Waals surface area (Å²) in [7, 11) is 0.795. The molecule has 0 bridgehead atoms. The van der Waals surface area contributed by atoms with Crippen molar-refractivity contribution in [2.45, 2.75) is 32.2 Å². The Morgan fingerprint density at radius 2 is 1.91 bits per heavy atom. The minimum Gasteiger partial charge on any atom is -0.377 e. The first kappa shape index (κ1) is 18.6. The number of hydrogen-bond donors (Lipinski definition) is 0. The Morgan fingerprint density at radius 3 is 2.57 bits per heavy atom. The fourth-order valence-corrected chi connectivity index (χ4v) is 5.31. The second-order valence-corrected chi connectivity index (χ2v) is 9.20. The molecule has 1 saturated heterocycles. The lowest BCUT2D eigenvalue weighted by Gasteiger charge is -2.34. The monoisotopic (exact) mass is 337 g/mol. The minimum atomic E-state index is -2.63. The lowest BCUT2D eigenvalue weighted by atomic mass is 9.99. The van der Waals surface area contributed by atoms with Crippen LogP contribution in [0.25, 0.3) is 0 Å². The first-order valence-corrected chi connectivity index (χ1v) is 10.6. The molecule has 0 aromatic heterocycles. The maximum Gasteiger partial charge on any atom is 0.505 e. The molecule has 130 valence electrons. The summed E-state index contributed by atoms with van der Waals surface area (Å²) in [6.07, 6.45) is 3.72. The first-order chi connectivity index (χ1) is 11.2. The average Bonchev–Trinajstić information content (AvgIpc) is 2.60. The molecule has 1 aliphatic heterocycles. The van der Waals surface area contributed by atoms with E-state index >= 15 is 0 Å². The Balaban J connectivity index is 1.91. The van der Waals surface area contributed by atoms with Gasteiger partial charge in [0.15, 0.2) is 0 Å². The van der Waals surface area contributed by atoms with Crippen LogP contribution in [0.2, 0.25) is 0 Å². The lowest BCUT2D eigenvalue weighted by Crippen LogP contribution is -2.49. The number of benzene rings is 1. The molecule has 4 nitrogen and oxygen atoms in total. The summed E-state index contributed by atoms with van der Waals surface area (Å²) >= 11 is 0. The van der Waals surface area contributed by atoms with Crippen molar-refractivity contribution in [2.24, 2.45) is 5.92 Å². The van der Waals surface area contributed by atoms with Crippen LogP contribution in [-0.2, 0) is 19.3 Å². The summed E-state index contributed by atoms with van der Waals surface area (Å²) in [5.41, 5.74) is 1.21. The van der Waals surface area contributed by atoms with Crippen molar-refractivity contribution in [1.29, 1.82) is 0 Å². The maximum atomic E-state index is 6.27. The molecule has 0 aliphatic carbocycles. The predicted molar refractivity (Wildman–Crippen MR) is 95.3 cm³/mol. The molecule has 5 heteroatoms. The van der Waals surface area contributed by atoms with Crippen molar-refractivity contribution in [3.8, 4) is 0 Å². The Kier molecular flexibility index (Phi) is 7.72. The van der Waals surface area contributed by atoms with E-state index in [1.807, 2.05) is 18.2 Å². The molecule has 1 heterocycles. The number of rotatable bonds is 9. The van der Waals surface area contributed by atoms with Crippen LogP contribution in [0.4, 0.5) is 0 Å². The molecule has 1 aliphatic rings. The quantitative estimate of drug-likeness (QED) is 0.648. The van der Waals surface area contributed by atoms with Crippen molar-refractivity contribution in [2.75, 3.05) is 40.5 Å². The van der Waals surface area contributed by atoms with Crippen molar-refractivity contribution in [3.63, 3.8) is 0 Å². The van der Waals surface area contributed by atoms with E-state index in [0.717, 1.165) is 19.2 Å². The molecule has 23 heavy (non-hydrogen) atoms. The standard InChI is InChI=1S/C18H31NO3Si/c1-4-12-19-13-8-11-18(14-19)15-22-23(20-2,21-3)16-17-9-6-5-7-10-17/h5-7,9-10,18H,4,8,11-16H2,1-3H3. The molecule has 1 atom stereocenters. The van der Waals surface area contributed by atoms with Crippen LogP contribution in [0.5, 0.6) is 0 Å². The summed E-state index contributed by atoms with van der Waals surface area (Å²) in [6.45, 7) is 6.54. The fourth-order valence-electron chi connectivity index (χ4n) is 3.29. The van der Waals surface area contributed by atoms with Gasteiger partial charge in [-0.1, -0.05) is 37.3 Å². The van der Waals surface area contributed by atoms with Crippen molar-refractivity contribution < 1.29 is 13.3 Å². The van der Waals surface area contributed by atoms with Crippen molar-refractivity contribution in [1.82, 2.24) is 4.90 Å². The molecule has 0 saturated carbocycles. The Hall–Kier alpha value is -0.723. The highest BCUT2D eigenvalue weighted by Gasteiger charge is 2.40. The second-order valence-electron chi connectivity index (χ2n) is 6.37. The highest BCUT2D eigenvalue weighted by atomic mass is 28.4. The Labute approximate surface area is 142 Å². The van der Waals surface area contributed by atoms with Gasteiger partial charge < -0.3 is 18.2 Å². The van der Waals surface area contributed by atoms with E-state index in [-0.39, 0.29) is 0 Å². The zero-order valence-electron chi connectivity index (χ0n) is 14.8. The number of hydrogen-bond acceptors (Lipinski definition) is 4. The largest absolute Gasteiger partial charge is 0.505 e. The van der Waals surface area contributed by atoms with E-state index in [9.17, 15) is 0 Å². The molecule has 1 fully saturated rings. The van der Waals surface area contributed by atoms with Crippen LogP contribution in [0, 0.1) is 5.92 Å². The molecule has 1 unspecified atom stereocenters. The average molecular weight is 338 g/mol. The second kappa shape index (κ2) is 9.54. The summed E-state index contributed by atoms with van der Waals surface area (Å²) in [5, 5.41) is 0. The highest BCUT2D eigenvalue weighted by molar-refractivity contribution is 6.60. The van der Waals surface area contributed by atoms with Gasteiger partial charge in [0.05, 0.1) is 0 Å². The third-order valence-electron chi connectivity index (χ3n) is 4.57. The highest BCUT2D eigenvalue weighted by Crippen LogP contribution is 2.21. The van der Waals surface area contributed by atoms with E-state index in [0.29, 0.717) is 5.92 Å². The van der Waals surface area contributed by atoms with E-state index in [1.54, 1.807) is 14.2 Å². The Morgan fingerprint density at radius 1 is 1.17 bits per heavy atom. The molecule has 0 spiro atoms. The van der Waals surface area contributed by atoms with Gasteiger partial charge in [-0.3, -0.25) is 0 Å². The first-order valence-electron chi connectivity index (χ1n) is 8.72. The van der Waals surface area contributed by atoms with E-state index < -0.39 is 8.80 Å². The normalized spacial score (nSPS) is 19.9. The molecule has 0 radical (unpaired) electrons. The van der Waals surface area contributed by atoms with Gasteiger partial charge in [-0.2, -0.15) is 0 Å². The third-order valence-corrected chi connectivity index (χ3v) is 7.26. The molecular weight excluding hydrogens is 306 g/mol. The maximum absolute atomic E-state index is 6.27. The van der Waals surface area contributed by atoms with Gasteiger partial charge in [-0.05, 0) is 43.8 Å².